The first-order valence-corrected chi connectivity index (χ1v) is 3.89. The third-order valence-corrected chi connectivity index (χ3v) is 1.48. The van der Waals surface area contributed by atoms with E-state index in [9.17, 15) is 9.46 Å². The number of hydrogen-bond donors (Lipinski definition) is 2. The van der Waals surface area contributed by atoms with Crippen molar-refractivity contribution in [2.75, 3.05) is 6.16 Å². The van der Waals surface area contributed by atoms with Crippen LogP contribution in [-0.4, -0.2) is 22.3 Å². The van der Waals surface area contributed by atoms with Gasteiger partial charge in [0.2, 0.25) is 0 Å². The van der Waals surface area contributed by atoms with Gasteiger partial charge in [-0.05, 0) is 6.92 Å². The normalized spacial score (nSPS) is 22.0. The largest absolute Gasteiger partial charge is 0.779 e. The Kier molecular flexibility index (Phi) is 2.63. The Labute approximate surface area is 47.3 Å². The Bertz CT molecular complexity index is 104. The molecule has 0 heterocycles. The van der Waals surface area contributed by atoms with Gasteiger partial charge in [-0.1, -0.05) is 0 Å². The van der Waals surface area contributed by atoms with E-state index in [4.69, 9.17) is 10.00 Å². The molecular formula is C3H8O4P-. The predicted molar refractivity (Wildman–Crippen MR) is 26.4 cm³/mol. The molecule has 0 aliphatic carbocycles. The topological polar surface area (TPSA) is 80.6 Å². The van der Waals surface area contributed by atoms with Crippen LogP contribution in [-0.2, 0) is 4.57 Å². The van der Waals surface area contributed by atoms with Crippen LogP contribution in [0, 0.1) is 0 Å². The summed E-state index contributed by atoms with van der Waals surface area (Å²) in [5, 5.41) is 8.36. The summed E-state index contributed by atoms with van der Waals surface area (Å²) < 4.78 is 9.86. The van der Waals surface area contributed by atoms with Gasteiger partial charge in [-0.3, -0.25) is 0 Å². The summed E-state index contributed by atoms with van der Waals surface area (Å²) in [6, 6.07) is 0. The molecule has 2 atom stereocenters. The van der Waals surface area contributed by atoms with Crippen LogP contribution < -0.4 is 4.89 Å². The van der Waals surface area contributed by atoms with E-state index in [2.05, 4.69) is 0 Å². The third kappa shape index (κ3) is 6.11. The van der Waals surface area contributed by atoms with Crippen LogP contribution in [0.2, 0.25) is 0 Å². The Balaban J connectivity index is 3.56. The van der Waals surface area contributed by atoms with Gasteiger partial charge < -0.3 is 19.5 Å². The molecule has 8 heavy (non-hydrogen) atoms. The zero-order valence-corrected chi connectivity index (χ0v) is 5.34. The van der Waals surface area contributed by atoms with Gasteiger partial charge in [0.1, 0.15) is 7.60 Å². The molecule has 0 saturated carbocycles. The van der Waals surface area contributed by atoms with E-state index in [0.717, 1.165) is 0 Å². The standard InChI is InChI=1S/C3H9O4P/c1-3(4)2-8(5,6)7/h3-4H,2H2,1H3,(H2,5,6,7)/p-1/t3-/m0/s1. The molecule has 0 aromatic carbocycles. The lowest BCUT2D eigenvalue weighted by Gasteiger charge is -2.16. The predicted octanol–water partition coefficient (Wildman–Crippen LogP) is -1.09. The molecule has 0 rings (SSSR count). The molecule has 4 nitrogen and oxygen atoms in total. The highest BCUT2D eigenvalue weighted by Gasteiger charge is 2.04. The maximum absolute atomic E-state index is 9.86. The SMILES string of the molecule is C[C@H](O)CP(=O)([O-])O. The van der Waals surface area contributed by atoms with Crippen molar-refractivity contribution in [2.45, 2.75) is 13.0 Å². The highest BCUT2D eigenvalue weighted by Crippen LogP contribution is 2.28. The van der Waals surface area contributed by atoms with Gasteiger partial charge in [-0.25, -0.2) is 0 Å². The first-order chi connectivity index (χ1) is 3.42. The van der Waals surface area contributed by atoms with Crippen molar-refractivity contribution in [1.82, 2.24) is 0 Å². The van der Waals surface area contributed by atoms with Gasteiger partial charge in [0.15, 0.2) is 0 Å². The monoisotopic (exact) mass is 139 g/mol. The molecule has 0 aromatic rings. The summed E-state index contributed by atoms with van der Waals surface area (Å²) in [5.74, 6) is 0. The molecular weight excluding hydrogens is 131 g/mol. The van der Waals surface area contributed by atoms with Gasteiger partial charge in [-0.15, -0.1) is 0 Å². The molecule has 0 saturated heterocycles. The number of aliphatic hydroxyl groups excluding tert-OH is 1. The average Bonchev–Trinajstić information content (AvgIpc) is 1.21. The Hall–Kier alpha value is 0.110. The quantitative estimate of drug-likeness (QED) is 0.476. The van der Waals surface area contributed by atoms with Crippen molar-refractivity contribution in [1.29, 1.82) is 0 Å². The van der Waals surface area contributed by atoms with Gasteiger partial charge in [0, 0.05) is 6.16 Å². The van der Waals surface area contributed by atoms with E-state index in [1.54, 1.807) is 0 Å². The molecule has 0 aromatic heterocycles. The first-order valence-electron chi connectivity index (χ1n) is 2.13. The minimum atomic E-state index is -4.22. The molecule has 0 aliphatic heterocycles. The zero-order valence-electron chi connectivity index (χ0n) is 4.44. The molecule has 50 valence electrons. The Morgan fingerprint density at radius 1 is 1.88 bits per heavy atom. The third-order valence-electron chi connectivity index (χ3n) is 0.495. The zero-order chi connectivity index (χ0) is 6.78. The fourth-order valence-electron chi connectivity index (χ4n) is 0.334. The maximum atomic E-state index is 9.86. The van der Waals surface area contributed by atoms with Crippen LogP contribution >= 0.6 is 7.60 Å². The van der Waals surface area contributed by atoms with E-state index in [0.29, 0.717) is 0 Å². The van der Waals surface area contributed by atoms with E-state index in [1.165, 1.54) is 6.92 Å². The van der Waals surface area contributed by atoms with Crippen LogP contribution in [0.25, 0.3) is 0 Å². The fourth-order valence-corrected chi connectivity index (χ4v) is 1.00. The van der Waals surface area contributed by atoms with Crippen molar-refractivity contribution >= 4 is 7.60 Å². The van der Waals surface area contributed by atoms with Crippen LogP contribution in [0.4, 0.5) is 0 Å². The average molecular weight is 139 g/mol. The number of rotatable bonds is 2. The molecule has 0 bridgehead atoms. The molecule has 2 N–H and O–H groups in total. The molecule has 5 heteroatoms. The summed E-state index contributed by atoms with van der Waals surface area (Å²) in [6.07, 6.45) is -1.55. The number of aliphatic hydroxyl groups is 1. The molecule has 0 amide bonds. The highest BCUT2D eigenvalue weighted by atomic mass is 31.2. The van der Waals surface area contributed by atoms with Crippen LogP contribution in [0.15, 0.2) is 0 Å². The van der Waals surface area contributed by atoms with Crippen LogP contribution in [0.1, 0.15) is 6.92 Å². The van der Waals surface area contributed by atoms with Crippen molar-refractivity contribution < 1.29 is 19.5 Å². The fraction of sp³-hybridized carbons (Fsp3) is 1.00. The highest BCUT2D eigenvalue weighted by molar-refractivity contribution is 7.50. The second kappa shape index (κ2) is 2.60. The molecule has 0 radical (unpaired) electrons. The van der Waals surface area contributed by atoms with Crippen molar-refractivity contribution in [2.24, 2.45) is 0 Å². The minimum absolute atomic E-state index is 0.562. The Morgan fingerprint density at radius 2 is 2.25 bits per heavy atom. The van der Waals surface area contributed by atoms with E-state index in [-0.39, 0.29) is 0 Å². The molecule has 1 unspecified atom stereocenters. The van der Waals surface area contributed by atoms with Gasteiger partial charge >= 0.3 is 0 Å². The Morgan fingerprint density at radius 3 is 2.25 bits per heavy atom. The molecule has 0 spiro atoms. The van der Waals surface area contributed by atoms with Crippen molar-refractivity contribution in [3.05, 3.63) is 0 Å². The summed E-state index contributed by atoms with van der Waals surface area (Å²) in [4.78, 5) is 17.9. The van der Waals surface area contributed by atoms with Gasteiger partial charge in [0.25, 0.3) is 0 Å². The summed E-state index contributed by atoms with van der Waals surface area (Å²) in [5.41, 5.74) is 0. The smallest absolute Gasteiger partial charge is 0.134 e. The van der Waals surface area contributed by atoms with E-state index >= 15 is 0 Å². The molecule has 0 aliphatic rings. The summed E-state index contributed by atoms with van der Waals surface area (Å²) >= 11 is 0. The van der Waals surface area contributed by atoms with Gasteiger partial charge in [-0.2, -0.15) is 0 Å². The second-order valence-corrected chi connectivity index (χ2v) is 3.31. The summed E-state index contributed by atoms with van der Waals surface area (Å²) in [7, 11) is -4.22. The van der Waals surface area contributed by atoms with Gasteiger partial charge in [0.05, 0.1) is 6.10 Å². The lowest BCUT2D eigenvalue weighted by molar-refractivity contribution is -0.194. The van der Waals surface area contributed by atoms with E-state index < -0.39 is 19.9 Å². The maximum Gasteiger partial charge on any atom is 0.134 e. The lowest BCUT2D eigenvalue weighted by atomic mass is 10.5. The van der Waals surface area contributed by atoms with Crippen molar-refractivity contribution in [3.8, 4) is 0 Å². The molecule has 0 fully saturated rings. The summed E-state index contributed by atoms with van der Waals surface area (Å²) in [6.45, 7) is 1.29. The number of hydrogen-bond acceptors (Lipinski definition) is 3. The van der Waals surface area contributed by atoms with Crippen LogP contribution in [0.3, 0.4) is 0 Å². The minimum Gasteiger partial charge on any atom is -0.779 e. The second-order valence-electron chi connectivity index (χ2n) is 1.67. The first kappa shape index (κ1) is 8.11. The van der Waals surface area contributed by atoms with E-state index in [1.807, 2.05) is 0 Å². The lowest BCUT2D eigenvalue weighted by Crippen LogP contribution is -2.13. The van der Waals surface area contributed by atoms with Crippen LogP contribution in [0.5, 0.6) is 0 Å². The van der Waals surface area contributed by atoms with Crippen molar-refractivity contribution in [3.63, 3.8) is 0 Å².